The van der Waals surface area contributed by atoms with Gasteiger partial charge in [0, 0.05) is 5.56 Å². The van der Waals surface area contributed by atoms with Crippen LogP contribution in [0.5, 0.6) is 0 Å². The van der Waals surface area contributed by atoms with Gasteiger partial charge in [-0.05, 0) is 91.0 Å². The van der Waals surface area contributed by atoms with Crippen LogP contribution in [0, 0.1) is 3.57 Å². The molecule has 0 bridgehead atoms. The van der Waals surface area contributed by atoms with Gasteiger partial charge in [0.05, 0.1) is 8.59 Å². The number of anilines is 1. The molecule has 0 saturated carbocycles. The minimum Gasteiger partial charge on any atom is -0.443 e. The molecule has 0 unspecified atom stereocenters. The van der Waals surface area contributed by atoms with Crippen molar-refractivity contribution in [3.63, 3.8) is 0 Å². The molecule has 1 aromatic carbocycles. The highest BCUT2D eigenvalue weighted by molar-refractivity contribution is 14.1. The Morgan fingerprint density at radius 2 is 1.31 bits per heavy atom. The number of rotatable bonds is 2. The highest BCUT2D eigenvalue weighted by Gasteiger charge is 2.40. The van der Waals surface area contributed by atoms with Crippen molar-refractivity contribution in [1.82, 2.24) is 9.78 Å². The summed E-state index contributed by atoms with van der Waals surface area (Å²) in [5, 5.41) is 4.76. The molecule has 0 atom stereocenters. The summed E-state index contributed by atoms with van der Waals surface area (Å²) in [6, 6.07) is 6.88. The maximum absolute atomic E-state index is 13.3. The second-order valence-electron chi connectivity index (χ2n) is 10.7. The van der Waals surface area contributed by atoms with E-state index in [2.05, 4.69) is 5.10 Å². The average molecular weight is 620 g/mol. The molecule has 1 heterocycles. The number of carbonyl (C=O) groups is 3. The number of aromatic nitrogens is 2. The lowest BCUT2D eigenvalue weighted by molar-refractivity contribution is 0.0423. The minimum atomic E-state index is -1.04. The number of ether oxygens (including phenoxy) is 3. The number of amides is 2. The highest BCUT2D eigenvalue weighted by Crippen LogP contribution is 2.37. The van der Waals surface area contributed by atoms with Crippen LogP contribution in [0.3, 0.4) is 0 Å². The van der Waals surface area contributed by atoms with Gasteiger partial charge >= 0.3 is 18.3 Å². The second-order valence-corrected chi connectivity index (χ2v) is 12.1. The number of carbonyl (C=O) groups excluding carboxylic acids is 3. The van der Waals surface area contributed by atoms with Crippen molar-refractivity contribution in [3.8, 4) is 11.3 Å². The standard InChI is InChI=1S/C24H31ClIN3O6/c1-22(2,3)33-19(30)28(20(31)34-23(4,5)6)18-16(26)17(14-12-10-11-13-15(14)25)27-29(18)21(32)35-24(7,8)9/h10-13H,1-9H3. The number of hydrogen-bond donors (Lipinski definition) is 0. The Morgan fingerprint density at radius 1 is 0.857 bits per heavy atom. The summed E-state index contributed by atoms with van der Waals surface area (Å²) in [7, 11) is 0. The van der Waals surface area contributed by atoms with Crippen molar-refractivity contribution >= 4 is 58.3 Å². The molecule has 0 aliphatic rings. The van der Waals surface area contributed by atoms with Gasteiger partial charge in [-0.25, -0.2) is 14.4 Å². The lowest BCUT2D eigenvalue weighted by atomic mass is 10.1. The van der Waals surface area contributed by atoms with Gasteiger partial charge in [-0.1, -0.05) is 29.8 Å². The predicted molar refractivity (Wildman–Crippen MR) is 142 cm³/mol. The van der Waals surface area contributed by atoms with Crippen LogP contribution in [-0.2, 0) is 14.2 Å². The van der Waals surface area contributed by atoms with Crippen LogP contribution in [0.4, 0.5) is 20.2 Å². The molecule has 11 heteroatoms. The van der Waals surface area contributed by atoms with E-state index in [9.17, 15) is 14.4 Å². The van der Waals surface area contributed by atoms with Crippen LogP contribution >= 0.6 is 34.2 Å². The molecule has 0 spiro atoms. The van der Waals surface area contributed by atoms with E-state index in [0.29, 0.717) is 19.1 Å². The van der Waals surface area contributed by atoms with Crippen molar-refractivity contribution in [2.45, 2.75) is 79.1 Å². The van der Waals surface area contributed by atoms with Gasteiger partial charge in [0.15, 0.2) is 5.82 Å². The number of nitrogens with zero attached hydrogens (tertiary/aromatic N) is 3. The van der Waals surface area contributed by atoms with Gasteiger partial charge in [0.2, 0.25) is 0 Å². The maximum atomic E-state index is 13.3. The third-order valence-corrected chi connectivity index (χ3v) is 5.19. The van der Waals surface area contributed by atoms with Gasteiger partial charge < -0.3 is 14.2 Å². The zero-order valence-electron chi connectivity index (χ0n) is 21.4. The first kappa shape index (κ1) is 28.9. The van der Waals surface area contributed by atoms with E-state index >= 15 is 0 Å². The summed E-state index contributed by atoms with van der Waals surface area (Å²) in [6.07, 6.45) is -2.99. The third-order valence-electron chi connectivity index (χ3n) is 3.86. The van der Waals surface area contributed by atoms with E-state index in [0.717, 1.165) is 4.68 Å². The predicted octanol–water partition coefficient (Wildman–Crippen LogP) is 7.27. The van der Waals surface area contributed by atoms with E-state index < -0.39 is 35.1 Å². The second kappa shape index (κ2) is 10.3. The fraction of sp³-hybridized carbons (Fsp3) is 0.500. The van der Waals surface area contributed by atoms with Crippen LogP contribution in [0.15, 0.2) is 24.3 Å². The fourth-order valence-corrected chi connectivity index (χ4v) is 3.80. The Morgan fingerprint density at radius 3 is 1.74 bits per heavy atom. The monoisotopic (exact) mass is 619 g/mol. The van der Waals surface area contributed by atoms with Crippen molar-refractivity contribution in [1.29, 1.82) is 0 Å². The molecule has 2 aromatic rings. The van der Waals surface area contributed by atoms with Gasteiger partial charge in [0.25, 0.3) is 0 Å². The summed E-state index contributed by atoms with van der Waals surface area (Å²) in [6.45, 7) is 15.0. The van der Waals surface area contributed by atoms with Crippen LogP contribution in [-0.4, -0.2) is 44.9 Å². The van der Waals surface area contributed by atoms with Crippen molar-refractivity contribution in [2.75, 3.05) is 4.90 Å². The Kier molecular flexibility index (Phi) is 8.53. The first-order valence-electron chi connectivity index (χ1n) is 10.8. The summed E-state index contributed by atoms with van der Waals surface area (Å²) in [5.41, 5.74) is -1.99. The fourth-order valence-electron chi connectivity index (χ4n) is 2.70. The lowest BCUT2D eigenvalue weighted by Crippen LogP contribution is -2.45. The summed E-state index contributed by atoms with van der Waals surface area (Å²) in [4.78, 5) is 40.4. The Labute approximate surface area is 224 Å². The van der Waals surface area contributed by atoms with Gasteiger partial charge in [-0.3, -0.25) is 0 Å². The molecule has 0 fully saturated rings. The Hall–Kier alpha value is -2.34. The van der Waals surface area contributed by atoms with Gasteiger partial charge in [-0.2, -0.15) is 10.00 Å². The van der Waals surface area contributed by atoms with E-state index in [4.69, 9.17) is 25.8 Å². The molecule has 2 rings (SSSR count). The van der Waals surface area contributed by atoms with Crippen LogP contribution < -0.4 is 4.90 Å². The molecule has 0 aliphatic heterocycles. The first-order chi connectivity index (χ1) is 15.8. The number of hydrogen-bond acceptors (Lipinski definition) is 7. The molecule has 192 valence electrons. The Balaban J connectivity index is 2.83. The van der Waals surface area contributed by atoms with Gasteiger partial charge in [0.1, 0.15) is 22.5 Å². The molecule has 35 heavy (non-hydrogen) atoms. The van der Waals surface area contributed by atoms with Crippen LogP contribution in [0.25, 0.3) is 11.3 Å². The minimum absolute atomic E-state index is 0.182. The zero-order chi connectivity index (χ0) is 26.9. The van der Waals surface area contributed by atoms with Gasteiger partial charge in [-0.15, -0.1) is 4.68 Å². The Bertz CT molecular complexity index is 1100. The van der Waals surface area contributed by atoms with E-state index in [1.165, 1.54) is 0 Å². The van der Waals surface area contributed by atoms with Crippen LogP contribution in [0.2, 0.25) is 5.02 Å². The summed E-state index contributed by atoms with van der Waals surface area (Å²) in [5.74, 6) is -0.182. The number of halogens is 2. The summed E-state index contributed by atoms with van der Waals surface area (Å²) >= 11 is 8.29. The van der Waals surface area contributed by atoms with Crippen molar-refractivity contribution < 1.29 is 28.6 Å². The topological polar surface area (TPSA) is 100.0 Å². The van der Waals surface area contributed by atoms with E-state index in [1.807, 2.05) is 22.6 Å². The molecule has 9 nitrogen and oxygen atoms in total. The molecule has 2 amide bonds. The average Bonchev–Trinajstić information content (AvgIpc) is 2.95. The van der Waals surface area contributed by atoms with Crippen molar-refractivity contribution in [3.05, 3.63) is 32.9 Å². The SMILES string of the molecule is CC(C)(C)OC(=O)N(C(=O)OC(C)(C)C)c1c(I)c(-c2ccccc2Cl)nn1C(=O)OC(C)(C)C. The van der Waals surface area contributed by atoms with Crippen LogP contribution in [0.1, 0.15) is 62.3 Å². The molecule has 0 saturated heterocycles. The molecular formula is C24H31ClIN3O6. The molecule has 0 N–H and O–H groups in total. The molecule has 1 aromatic heterocycles. The maximum Gasteiger partial charge on any atom is 0.437 e. The first-order valence-corrected chi connectivity index (χ1v) is 12.3. The largest absolute Gasteiger partial charge is 0.443 e. The van der Waals surface area contributed by atoms with E-state index in [1.54, 1.807) is 86.6 Å². The third kappa shape index (κ3) is 7.83. The molecule has 0 radical (unpaired) electrons. The number of benzene rings is 1. The normalized spacial score (nSPS) is 12.2. The molecular weight excluding hydrogens is 589 g/mol. The smallest absolute Gasteiger partial charge is 0.437 e. The molecule has 0 aliphatic carbocycles. The highest BCUT2D eigenvalue weighted by atomic mass is 127. The number of imide groups is 1. The lowest BCUT2D eigenvalue weighted by Gasteiger charge is -2.29. The van der Waals surface area contributed by atoms with Crippen molar-refractivity contribution in [2.24, 2.45) is 0 Å². The quantitative estimate of drug-likeness (QED) is 0.257. The summed E-state index contributed by atoms with van der Waals surface area (Å²) < 4.78 is 17.6. The van der Waals surface area contributed by atoms with E-state index in [-0.39, 0.29) is 11.5 Å². The zero-order valence-corrected chi connectivity index (χ0v) is 24.3.